The normalized spacial score (nSPS) is 14.7. The van der Waals surface area contributed by atoms with Gasteiger partial charge in [-0.25, -0.2) is 8.42 Å². The van der Waals surface area contributed by atoms with Crippen LogP contribution in [0.1, 0.15) is 12.5 Å². The third-order valence-electron chi connectivity index (χ3n) is 2.77. The third-order valence-corrected chi connectivity index (χ3v) is 4.50. The summed E-state index contributed by atoms with van der Waals surface area (Å²) in [6, 6.07) is 5.50. The first-order valence-electron chi connectivity index (χ1n) is 6.65. The van der Waals surface area contributed by atoms with E-state index in [1.54, 1.807) is 6.92 Å². The van der Waals surface area contributed by atoms with Gasteiger partial charge in [-0.3, -0.25) is 0 Å². The minimum Gasteiger partial charge on any atom is -0.490 e. The number of halogens is 1. The van der Waals surface area contributed by atoms with Crippen LogP contribution in [0, 0.1) is 6.92 Å². The molecule has 0 aliphatic carbocycles. The molecule has 0 spiro atoms. The SMILES string of the molecule is Cc1ccc(OCC(O)CNC(C)CS(C)(=O)=O)c(Br)c1. The number of hydrogen-bond acceptors (Lipinski definition) is 5. The fourth-order valence-corrected chi connectivity index (χ4v) is 3.45. The van der Waals surface area contributed by atoms with Gasteiger partial charge in [-0.1, -0.05) is 6.07 Å². The lowest BCUT2D eigenvalue weighted by atomic mass is 10.2. The van der Waals surface area contributed by atoms with E-state index in [1.165, 1.54) is 6.26 Å². The molecule has 120 valence electrons. The predicted octanol–water partition coefficient (Wildman–Crippen LogP) is 1.52. The quantitative estimate of drug-likeness (QED) is 0.715. The molecule has 2 N–H and O–H groups in total. The van der Waals surface area contributed by atoms with Crippen molar-refractivity contribution in [1.82, 2.24) is 5.32 Å². The Labute approximate surface area is 134 Å². The van der Waals surface area contributed by atoms with Crippen LogP contribution in [0.25, 0.3) is 0 Å². The summed E-state index contributed by atoms with van der Waals surface area (Å²) in [6.07, 6.45) is 0.486. The van der Waals surface area contributed by atoms with Crippen molar-refractivity contribution in [3.63, 3.8) is 0 Å². The zero-order valence-corrected chi connectivity index (χ0v) is 14.9. The predicted molar refractivity (Wildman–Crippen MR) is 87.6 cm³/mol. The van der Waals surface area contributed by atoms with Crippen LogP contribution in [0.15, 0.2) is 22.7 Å². The number of aliphatic hydroxyl groups is 1. The molecule has 1 rings (SSSR count). The first-order chi connectivity index (χ1) is 9.67. The number of ether oxygens (including phenoxy) is 1. The maximum absolute atomic E-state index is 11.1. The van der Waals surface area contributed by atoms with E-state index in [-0.39, 0.29) is 24.9 Å². The first kappa shape index (κ1) is 18.4. The number of rotatable bonds is 8. The minimum absolute atomic E-state index is 0.0457. The fraction of sp³-hybridized carbons (Fsp3) is 0.571. The molecule has 0 aromatic heterocycles. The van der Waals surface area contributed by atoms with Crippen molar-refractivity contribution >= 4 is 25.8 Å². The van der Waals surface area contributed by atoms with Crippen molar-refractivity contribution in [1.29, 1.82) is 0 Å². The Bertz CT molecular complexity index is 562. The Kier molecular flexibility index (Phi) is 7.12. The molecule has 0 fully saturated rings. The molecule has 0 aliphatic rings. The molecular formula is C14H22BrNO4S. The van der Waals surface area contributed by atoms with Gasteiger partial charge >= 0.3 is 0 Å². The topological polar surface area (TPSA) is 75.6 Å². The summed E-state index contributed by atoms with van der Waals surface area (Å²) >= 11 is 3.40. The van der Waals surface area contributed by atoms with Crippen LogP contribution < -0.4 is 10.1 Å². The van der Waals surface area contributed by atoms with Crippen LogP contribution in [0.2, 0.25) is 0 Å². The molecule has 7 heteroatoms. The molecule has 1 aromatic rings. The maximum atomic E-state index is 11.1. The number of aryl methyl sites for hydroxylation is 1. The van der Waals surface area contributed by atoms with Gasteiger partial charge in [0.15, 0.2) is 0 Å². The minimum atomic E-state index is -3.02. The average molecular weight is 380 g/mol. The van der Waals surface area contributed by atoms with Crippen molar-refractivity contribution in [2.75, 3.05) is 25.2 Å². The van der Waals surface area contributed by atoms with Crippen LogP contribution in [0.5, 0.6) is 5.75 Å². The van der Waals surface area contributed by atoms with E-state index < -0.39 is 15.9 Å². The van der Waals surface area contributed by atoms with Gasteiger partial charge in [0.2, 0.25) is 0 Å². The van der Waals surface area contributed by atoms with Crippen molar-refractivity contribution < 1.29 is 18.3 Å². The van der Waals surface area contributed by atoms with Gasteiger partial charge in [-0.15, -0.1) is 0 Å². The van der Waals surface area contributed by atoms with E-state index in [0.717, 1.165) is 10.0 Å². The Morgan fingerprint density at radius 3 is 2.67 bits per heavy atom. The summed E-state index contributed by atoms with van der Waals surface area (Å²) in [7, 11) is -3.02. The Balaban J connectivity index is 2.35. The molecule has 5 nitrogen and oxygen atoms in total. The van der Waals surface area contributed by atoms with Gasteiger partial charge in [0.25, 0.3) is 0 Å². The second-order valence-electron chi connectivity index (χ2n) is 5.30. The van der Waals surface area contributed by atoms with Gasteiger partial charge in [-0.05, 0) is 47.5 Å². The van der Waals surface area contributed by atoms with Crippen molar-refractivity contribution in [3.8, 4) is 5.75 Å². The molecular weight excluding hydrogens is 358 g/mol. The van der Waals surface area contributed by atoms with Gasteiger partial charge in [0.1, 0.15) is 28.3 Å². The van der Waals surface area contributed by atoms with E-state index in [1.807, 2.05) is 25.1 Å². The van der Waals surface area contributed by atoms with Crippen LogP contribution in [-0.4, -0.2) is 50.8 Å². The lowest BCUT2D eigenvalue weighted by Gasteiger charge is -2.17. The highest BCUT2D eigenvalue weighted by molar-refractivity contribution is 9.10. The lowest BCUT2D eigenvalue weighted by molar-refractivity contribution is 0.104. The molecule has 0 saturated heterocycles. The zero-order valence-electron chi connectivity index (χ0n) is 12.5. The summed E-state index contributed by atoms with van der Waals surface area (Å²) < 4.78 is 28.6. The van der Waals surface area contributed by atoms with Crippen molar-refractivity contribution in [2.24, 2.45) is 0 Å². The summed E-state index contributed by atoms with van der Waals surface area (Å²) in [5.41, 5.74) is 1.12. The van der Waals surface area contributed by atoms with Crippen LogP contribution in [0.3, 0.4) is 0 Å². The molecule has 21 heavy (non-hydrogen) atoms. The number of aliphatic hydroxyl groups excluding tert-OH is 1. The number of benzene rings is 1. The molecule has 1 aromatic carbocycles. The highest BCUT2D eigenvalue weighted by Gasteiger charge is 2.13. The smallest absolute Gasteiger partial charge is 0.148 e. The monoisotopic (exact) mass is 379 g/mol. The van der Waals surface area contributed by atoms with E-state index in [0.29, 0.717) is 5.75 Å². The second kappa shape index (κ2) is 8.12. The maximum Gasteiger partial charge on any atom is 0.148 e. The second-order valence-corrected chi connectivity index (χ2v) is 8.34. The summed E-state index contributed by atoms with van der Waals surface area (Å²) in [6.45, 7) is 4.17. The van der Waals surface area contributed by atoms with Crippen LogP contribution in [0.4, 0.5) is 0 Å². The summed E-state index contributed by atoms with van der Waals surface area (Å²) in [4.78, 5) is 0. The van der Waals surface area contributed by atoms with E-state index in [4.69, 9.17) is 4.74 Å². The lowest BCUT2D eigenvalue weighted by Crippen LogP contribution is -2.39. The molecule has 0 bridgehead atoms. The Hall–Kier alpha value is -0.630. The van der Waals surface area contributed by atoms with E-state index >= 15 is 0 Å². The standard InChI is InChI=1S/C14H22BrNO4S/c1-10-4-5-14(13(15)6-10)20-8-12(17)7-16-11(2)9-21(3,18)19/h4-6,11-12,16-17H,7-9H2,1-3H3. The van der Waals surface area contributed by atoms with Crippen LogP contribution >= 0.6 is 15.9 Å². The highest BCUT2D eigenvalue weighted by Crippen LogP contribution is 2.25. The largest absolute Gasteiger partial charge is 0.490 e. The Morgan fingerprint density at radius 1 is 1.43 bits per heavy atom. The molecule has 0 aliphatic heterocycles. The molecule has 0 saturated carbocycles. The van der Waals surface area contributed by atoms with Gasteiger partial charge in [-0.2, -0.15) is 0 Å². The highest BCUT2D eigenvalue weighted by atomic mass is 79.9. The first-order valence-corrected chi connectivity index (χ1v) is 9.51. The summed E-state index contributed by atoms with van der Waals surface area (Å²) in [5.74, 6) is 0.716. The number of nitrogens with one attached hydrogen (secondary N) is 1. The third kappa shape index (κ3) is 7.80. The number of hydrogen-bond donors (Lipinski definition) is 2. The molecule has 0 heterocycles. The zero-order chi connectivity index (χ0) is 16.0. The van der Waals surface area contributed by atoms with Gasteiger partial charge in [0, 0.05) is 18.8 Å². The van der Waals surface area contributed by atoms with Gasteiger partial charge in [0.05, 0.1) is 10.2 Å². The van der Waals surface area contributed by atoms with Crippen molar-refractivity contribution in [3.05, 3.63) is 28.2 Å². The Morgan fingerprint density at radius 2 is 2.10 bits per heavy atom. The molecule has 0 amide bonds. The molecule has 0 radical (unpaired) electrons. The molecule has 2 unspecified atom stereocenters. The van der Waals surface area contributed by atoms with Gasteiger partial charge < -0.3 is 15.2 Å². The fourth-order valence-electron chi connectivity index (χ4n) is 1.82. The van der Waals surface area contributed by atoms with E-state index in [9.17, 15) is 13.5 Å². The van der Waals surface area contributed by atoms with E-state index in [2.05, 4.69) is 21.2 Å². The number of sulfone groups is 1. The molecule has 2 atom stereocenters. The summed E-state index contributed by atoms with van der Waals surface area (Å²) in [5, 5.41) is 12.8. The van der Waals surface area contributed by atoms with Crippen molar-refractivity contribution in [2.45, 2.75) is 26.0 Å². The van der Waals surface area contributed by atoms with Crippen LogP contribution in [-0.2, 0) is 9.84 Å². The average Bonchev–Trinajstić information content (AvgIpc) is 2.33.